The van der Waals surface area contributed by atoms with Gasteiger partial charge in [0.25, 0.3) is 5.91 Å². The molecule has 0 unspecified atom stereocenters. The third-order valence-corrected chi connectivity index (χ3v) is 3.25. The maximum atomic E-state index is 11.9. The van der Waals surface area contributed by atoms with Gasteiger partial charge in [-0.2, -0.15) is 0 Å². The topological polar surface area (TPSA) is 32.3 Å². The highest BCUT2D eigenvalue weighted by Gasteiger charge is 2.33. The molecule has 1 saturated heterocycles. The molecule has 4 heteroatoms. The summed E-state index contributed by atoms with van der Waals surface area (Å²) in [6.07, 6.45) is 0. The number of anilines is 1. The normalized spacial score (nSPS) is 20.0. The van der Waals surface area contributed by atoms with Crippen LogP contribution in [0.4, 0.5) is 5.69 Å². The van der Waals surface area contributed by atoms with Gasteiger partial charge in [-0.1, -0.05) is 26.0 Å². The van der Waals surface area contributed by atoms with Gasteiger partial charge in [0, 0.05) is 0 Å². The van der Waals surface area contributed by atoms with Crippen molar-refractivity contribution in [3.8, 4) is 0 Å². The van der Waals surface area contributed by atoms with Crippen LogP contribution in [0.1, 0.15) is 32.3 Å². The van der Waals surface area contributed by atoms with Gasteiger partial charge in [0.2, 0.25) is 0 Å². The molecule has 0 aromatic heterocycles. The Morgan fingerprint density at radius 3 is 2.29 bits per heavy atom. The molecule has 3 nitrogen and oxygen atoms in total. The number of amides is 1. The number of thiocarbonyl (C=S) groups is 1. The maximum absolute atomic E-state index is 11.9. The zero-order chi connectivity index (χ0) is 12.6. The van der Waals surface area contributed by atoms with Crippen molar-refractivity contribution in [1.29, 1.82) is 0 Å². The predicted molar refractivity (Wildman–Crippen MR) is 73.2 cm³/mol. The van der Waals surface area contributed by atoms with Crippen molar-refractivity contribution in [1.82, 2.24) is 5.32 Å². The molecule has 0 saturated carbocycles. The second-order valence-electron chi connectivity index (χ2n) is 4.59. The van der Waals surface area contributed by atoms with E-state index in [4.69, 9.17) is 12.2 Å². The van der Waals surface area contributed by atoms with Crippen LogP contribution in [0, 0.1) is 0 Å². The molecular weight excluding hydrogens is 232 g/mol. The summed E-state index contributed by atoms with van der Waals surface area (Å²) in [5.41, 5.74) is 2.09. The highest BCUT2D eigenvalue weighted by Crippen LogP contribution is 2.22. The number of carbonyl (C=O) groups is 1. The van der Waals surface area contributed by atoms with Crippen molar-refractivity contribution in [3.63, 3.8) is 0 Å². The van der Waals surface area contributed by atoms with Gasteiger partial charge in [0.05, 0.1) is 5.69 Å². The molecule has 1 aliphatic heterocycles. The number of nitrogens with zero attached hydrogens (tertiary/aromatic N) is 1. The average Bonchev–Trinajstić information content (AvgIpc) is 2.53. The molecule has 2 rings (SSSR count). The first-order valence-electron chi connectivity index (χ1n) is 5.75. The van der Waals surface area contributed by atoms with E-state index in [2.05, 4.69) is 19.2 Å². The van der Waals surface area contributed by atoms with Crippen molar-refractivity contribution < 1.29 is 4.79 Å². The van der Waals surface area contributed by atoms with Gasteiger partial charge in [-0.15, -0.1) is 0 Å². The molecule has 0 spiro atoms. The van der Waals surface area contributed by atoms with E-state index in [-0.39, 0.29) is 11.9 Å². The second kappa shape index (κ2) is 4.45. The van der Waals surface area contributed by atoms with Crippen LogP contribution in [0.15, 0.2) is 24.3 Å². The molecule has 1 atom stereocenters. The van der Waals surface area contributed by atoms with Crippen LogP contribution in [0.25, 0.3) is 0 Å². The Labute approximate surface area is 107 Å². The molecule has 1 fully saturated rings. The molecule has 1 aromatic rings. The molecule has 90 valence electrons. The summed E-state index contributed by atoms with van der Waals surface area (Å²) in [5.74, 6) is 0.495. The average molecular weight is 248 g/mol. The molecule has 1 heterocycles. The number of hydrogen-bond donors (Lipinski definition) is 1. The van der Waals surface area contributed by atoms with E-state index in [1.165, 1.54) is 5.56 Å². The Bertz CT molecular complexity index is 453. The monoisotopic (exact) mass is 248 g/mol. The Morgan fingerprint density at radius 2 is 1.88 bits per heavy atom. The molecule has 0 bridgehead atoms. The summed E-state index contributed by atoms with van der Waals surface area (Å²) in [6.45, 7) is 6.10. The Hall–Kier alpha value is -1.42. The number of carbonyl (C=O) groups excluding carboxylic acids is 1. The van der Waals surface area contributed by atoms with Gasteiger partial charge >= 0.3 is 0 Å². The molecule has 17 heavy (non-hydrogen) atoms. The van der Waals surface area contributed by atoms with Crippen molar-refractivity contribution in [2.45, 2.75) is 32.7 Å². The zero-order valence-electron chi connectivity index (χ0n) is 10.2. The Morgan fingerprint density at radius 1 is 1.29 bits per heavy atom. The van der Waals surface area contributed by atoms with Gasteiger partial charge in [0.1, 0.15) is 6.04 Å². The first-order valence-corrected chi connectivity index (χ1v) is 6.16. The summed E-state index contributed by atoms with van der Waals surface area (Å²) >= 11 is 5.16. The Balaban J connectivity index is 2.29. The van der Waals surface area contributed by atoms with Crippen molar-refractivity contribution in [2.75, 3.05) is 4.90 Å². The maximum Gasteiger partial charge on any atom is 0.255 e. The van der Waals surface area contributed by atoms with E-state index in [1.54, 1.807) is 4.90 Å². The van der Waals surface area contributed by atoms with Gasteiger partial charge < -0.3 is 5.32 Å². The number of nitrogens with one attached hydrogen (secondary N) is 1. The van der Waals surface area contributed by atoms with E-state index in [1.807, 2.05) is 31.2 Å². The van der Waals surface area contributed by atoms with Crippen molar-refractivity contribution in [2.24, 2.45) is 0 Å². The summed E-state index contributed by atoms with van der Waals surface area (Å²) in [5, 5.41) is 3.45. The summed E-state index contributed by atoms with van der Waals surface area (Å²) < 4.78 is 0. The van der Waals surface area contributed by atoms with E-state index < -0.39 is 0 Å². The summed E-state index contributed by atoms with van der Waals surface area (Å²) in [7, 11) is 0. The van der Waals surface area contributed by atoms with Crippen LogP contribution in [-0.2, 0) is 4.79 Å². The van der Waals surface area contributed by atoms with Gasteiger partial charge in [-0.05, 0) is 42.8 Å². The smallest absolute Gasteiger partial charge is 0.255 e. The van der Waals surface area contributed by atoms with E-state index in [0.717, 1.165) is 5.69 Å². The van der Waals surface area contributed by atoms with Crippen molar-refractivity contribution in [3.05, 3.63) is 29.8 Å². The number of rotatable bonds is 2. The third-order valence-electron chi connectivity index (χ3n) is 2.95. The largest absolute Gasteiger partial charge is 0.350 e. The molecular formula is C13H16N2OS. The minimum Gasteiger partial charge on any atom is -0.350 e. The lowest BCUT2D eigenvalue weighted by Gasteiger charge is -2.15. The van der Waals surface area contributed by atoms with Crippen LogP contribution in [0.2, 0.25) is 0 Å². The quantitative estimate of drug-likeness (QED) is 0.816. The Kier molecular flexibility index (Phi) is 3.15. The van der Waals surface area contributed by atoms with Crippen molar-refractivity contribution >= 4 is 28.9 Å². The first-order chi connectivity index (χ1) is 8.00. The molecule has 1 amide bonds. The molecule has 1 aliphatic rings. The molecule has 1 N–H and O–H groups in total. The minimum absolute atomic E-state index is 0.00676. The van der Waals surface area contributed by atoms with Crippen LogP contribution < -0.4 is 10.2 Å². The fraction of sp³-hybridized carbons (Fsp3) is 0.385. The van der Waals surface area contributed by atoms with Gasteiger partial charge in [0.15, 0.2) is 5.11 Å². The van der Waals surface area contributed by atoms with E-state index in [0.29, 0.717) is 11.0 Å². The summed E-state index contributed by atoms with van der Waals surface area (Å²) in [6, 6.07) is 7.74. The standard InChI is InChI=1S/C13H16N2OS/c1-8(2)10-4-6-11(7-5-10)15-12(16)9(3)14-13(15)17/h4-9H,1-3H3,(H,14,17)/t9-/m0/s1. The van der Waals surface area contributed by atoms with Gasteiger partial charge in [-0.25, -0.2) is 0 Å². The lowest BCUT2D eigenvalue weighted by molar-refractivity contribution is -0.117. The highest BCUT2D eigenvalue weighted by atomic mass is 32.1. The predicted octanol–water partition coefficient (Wildman–Crippen LogP) is 2.42. The van der Waals surface area contributed by atoms with Gasteiger partial charge in [-0.3, -0.25) is 9.69 Å². The van der Waals surface area contributed by atoms with Crippen LogP contribution in [0.3, 0.4) is 0 Å². The molecule has 1 aromatic carbocycles. The second-order valence-corrected chi connectivity index (χ2v) is 4.98. The van der Waals surface area contributed by atoms with Crippen LogP contribution >= 0.6 is 12.2 Å². The lowest BCUT2D eigenvalue weighted by atomic mass is 10.0. The first kappa shape index (κ1) is 12.0. The number of hydrogen-bond acceptors (Lipinski definition) is 2. The molecule has 0 aliphatic carbocycles. The minimum atomic E-state index is -0.229. The van der Waals surface area contributed by atoms with E-state index >= 15 is 0 Å². The molecule has 0 radical (unpaired) electrons. The third kappa shape index (κ3) is 2.17. The fourth-order valence-electron chi connectivity index (χ4n) is 1.86. The lowest BCUT2D eigenvalue weighted by Crippen LogP contribution is -2.30. The van der Waals surface area contributed by atoms with Crippen LogP contribution in [0.5, 0.6) is 0 Å². The fourth-order valence-corrected chi connectivity index (χ4v) is 2.23. The van der Waals surface area contributed by atoms with E-state index in [9.17, 15) is 4.79 Å². The highest BCUT2D eigenvalue weighted by molar-refractivity contribution is 7.80. The summed E-state index contributed by atoms with van der Waals surface area (Å²) in [4.78, 5) is 13.5. The zero-order valence-corrected chi connectivity index (χ0v) is 11.0. The van der Waals surface area contributed by atoms with Crippen LogP contribution in [-0.4, -0.2) is 17.1 Å². The SMILES string of the molecule is CC(C)c1ccc(N2C(=O)[C@H](C)NC2=S)cc1. The number of benzene rings is 1.